The van der Waals surface area contributed by atoms with Gasteiger partial charge in [-0.25, -0.2) is 4.98 Å². The Kier molecular flexibility index (Phi) is 3.96. The molecule has 1 atom stereocenters. The molecule has 25 heavy (non-hydrogen) atoms. The molecular weight excluding hydrogens is 338 g/mol. The fraction of sp³-hybridized carbons (Fsp3) is 0.294. The minimum Gasteiger partial charge on any atom is -0.368 e. The lowest BCUT2D eigenvalue weighted by Crippen LogP contribution is -2.39. The molecule has 8 heteroatoms. The SMILES string of the molecule is NC(=O)[C@@H]1CC(C(=O)Nc2nc3c(s2)CCC3)=NN1c1ccccc1. The third-order valence-electron chi connectivity index (χ3n) is 4.34. The van der Waals surface area contributed by atoms with Gasteiger partial charge >= 0.3 is 0 Å². The van der Waals surface area contributed by atoms with E-state index in [0.717, 1.165) is 30.6 Å². The number of hydrogen-bond acceptors (Lipinski definition) is 6. The number of amides is 2. The van der Waals surface area contributed by atoms with Gasteiger partial charge in [0.15, 0.2) is 5.13 Å². The van der Waals surface area contributed by atoms with E-state index in [9.17, 15) is 9.59 Å². The van der Waals surface area contributed by atoms with E-state index in [1.807, 2.05) is 30.3 Å². The first-order chi connectivity index (χ1) is 12.1. The van der Waals surface area contributed by atoms with Crippen molar-refractivity contribution >= 4 is 39.7 Å². The fourth-order valence-corrected chi connectivity index (χ4v) is 4.15. The summed E-state index contributed by atoms with van der Waals surface area (Å²) in [4.78, 5) is 30.0. The summed E-state index contributed by atoms with van der Waals surface area (Å²) in [7, 11) is 0. The van der Waals surface area contributed by atoms with E-state index >= 15 is 0 Å². The molecule has 7 nitrogen and oxygen atoms in total. The standard InChI is InChI=1S/C17H17N5O2S/c18-15(23)13-9-12(21-22(13)10-5-2-1-3-6-10)16(24)20-17-19-11-7-4-8-14(11)25-17/h1-3,5-6,13H,4,7-9H2,(H2,18,23)(H,19,20,24)/t13-/m0/s1. The second-order valence-electron chi connectivity index (χ2n) is 6.05. The third-order valence-corrected chi connectivity index (χ3v) is 5.41. The lowest BCUT2D eigenvalue weighted by Gasteiger charge is -2.20. The Labute approximate surface area is 148 Å². The molecule has 0 saturated carbocycles. The number of hydrazone groups is 1. The fourth-order valence-electron chi connectivity index (χ4n) is 3.10. The highest BCUT2D eigenvalue weighted by atomic mass is 32.1. The normalized spacial score (nSPS) is 18.8. The molecule has 2 aliphatic rings. The molecule has 1 aliphatic heterocycles. The van der Waals surface area contributed by atoms with Gasteiger partial charge in [0, 0.05) is 11.3 Å². The predicted octanol–water partition coefficient (Wildman–Crippen LogP) is 1.69. The number of aryl methyl sites for hydroxylation is 2. The highest BCUT2D eigenvalue weighted by Gasteiger charge is 2.35. The Morgan fingerprint density at radius 1 is 1.24 bits per heavy atom. The number of nitrogens with zero attached hydrogens (tertiary/aromatic N) is 3. The number of thiazole rings is 1. The third kappa shape index (κ3) is 3.00. The number of benzene rings is 1. The molecule has 1 aromatic heterocycles. The molecular formula is C17H17N5O2S. The number of hydrogen-bond donors (Lipinski definition) is 2. The van der Waals surface area contributed by atoms with E-state index in [4.69, 9.17) is 5.73 Å². The van der Waals surface area contributed by atoms with Gasteiger partial charge in [-0.3, -0.25) is 19.9 Å². The van der Waals surface area contributed by atoms with Crippen molar-refractivity contribution in [1.82, 2.24) is 4.98 Å². The molecule has 1 aliphatic carbocycles. The van der Waals surface area contributed by atoms with Crippen LogP contribution >= 0.6 is 11.3 Å². The van der Waals surface area contributed by atoms with E-state index in [-0.39, 0.29) is 18.0 Å². The average Bonchev–Trinajstić information content (AvgIpc) is 3.29. The van der Waals surface area contributed by atoms with Crippen LogP contribution in [0.5, 0.6) is 0 Å². The molecule has 3 N–H and O–H groups in total. The van der Waals surface area contributed by atoms with Crippen LogP contribution in [0.1, 0.15) is 23.4 Å². The Hall–Kier alpha value is -2.74. The van der Waals surface area contributed by atoms with Crippen LogP contribution in [0.15, 0.2) is 35.4 Å². The van der Waals surface area contributed by atoms with Gasteiger partial charge in [-0.15, -0.1) is 11.3 Å². The maximum absolute atomic E-state index is 12.5. The van der Waals surface area contributed by atoms with Crippen molar-refractivity contribution < 1.29 is 9.59 Å². The first kappa shape index (κ1) is 15.8. The number of nitrogens with two attached hydrogens (primary N) is 1. The molecule has 0 radical (unpaired) electrons. The number of aromatic nitrogens is 1. The maximum Gasteiger partial charge on any atom is 0.273 e. The van der Waals surface area contributed by atoms with Crippen molar-refractivity contribution in [2.24, 2.45) is 10.8 Å². The summed E-state index contributed by atoms with van der Waals surface area (Å²) in [5, 5.41) is 9.24. The van der Waals surface area contributed by atoms with E-state index < -0.39 is 11.9 Å². The van der Waals surface area contributed by atoms with E-state index in [2.05, 4.69) is 15.4 Å². The Bertz CT molecular complexity index is 840. The van der Waals surface area contributed by atoms with Crippen LogP contribution in [-0.4, -0.2) is 28.6 Å². The number of carbonyl (C=O) groups is 2. The van der Waals surface area contributed by atoms with Crippen molar-refractivity contribution in [2.75, 3.05) is 10.3 Å². The topological polar surface area (TPSA) is 101 Å². The summed E-state index contributed by atoms with van der Waals surface area (Å²) in [6, 6.07) is 8.55. The van der Waals surface area contributed by atoms with Gasteiger partial charge in [-0.1, -0.05) is 18.2 Å². The molecule has 128 valence electrons. The van der Waals surface area contributed by atoms with Crippen molar-refractivity contribution in [3.8, 4) is 0 Å². The number of anilines is 2. The highest BCUT2D eigenvalue weighted by Crippen LogP contribution is 2.31. The van der Waals surface area contributed by atoms with Gasteiger partial charge in [-0.2, -0.15) is 5.10 Å². The molecule has 1 aromatic carbocycles. The van der Waals surface area contributed by atoms with Gasteiger partial charge in [0.1, 0.15) is 11.8 Å². The van der Waals surface area contributed by atoms with Gasteiger partial charge in [-0.05, 0) is 31.4 Å². The molecule has 2 heterocycles. The number of para-hydroxylation sites is 1. The minimum absolute atomic E-state index is 0.182. The number of carbonyl (C=O) groups excluding carboxylic acids is 2. The van der Waals surface area contributed by atoms with Crippen molar-refractivity contribution in [1.29, 1.82) is 0 Å². The van der Waals surface area contributed by atoms with Crippen LogP contribution in [-0.2, 0) is 22.4 Å². The number of nitrogens with one attached hydrogen (secondary N) is 1. The summed E-state index contributed by atoms with van der Waals surface area (Å²) in [5.74, 6) is -0.847. The first-order valence-electron chi connectivity index (χ1n) is 8.13. The lowest BCUT2D eigenvalue weighted by atomic mass is 10.1. The zero-order valence-corrected chi connectivity index (χ0v) is 14.3. The van der Waals surface area contributed by atoms with E-state index in [1.165, 1.54) is 21.2 Å². The van der Waals surface area contributed by atoms with Crippen LogP contribution < -0.4 is 16.1 Å². The van der Waals surface area contributed by atoms with Gasteiger partial charge < -0.3 is 5.73 Å². The average molecular weight is 355 g/mol. The second kappa shape index (κ2) is 6.29. The second-order valence-corrected chi connectivity index (χ2v) is 7.13. The van der Waals surface area contributed by atoms with E-state index in [0.29, 0.717) is 5.13 Å². The van der Waals surface area contributed by atoms with Crippen LogP contribution in [0.3, 0.4) is 0 Å². The summed E-state index contributed by atoms with van der Waals surface area (Å²) >= 11 is 1.51. The van der Waals surface area contributed by atoms with Crippen LogP contribution in [0, 0.1) is 0 Å². The van der Waals surface area contributed by atoms with Crippen LogP contribution in [0.2, 0.25) is 0 Å². The quantitative estimate of drug-likeness (QED) is 0.871. The van der Waals surface area contributed by atoms with E-state index in [1.54, 1.807) is 0 Å². The van der Waals surface area contributed by atoms with Crippen LogP contribution in [0.25, 0.3) is 0 Å². The van der Waals surface area contributed by atoms with Crippen molar-refractivity contribution in [2.45, 2.75) is 31.7 Å². The Morgan fingerprint density at radius 3 is 2.76 bits per heavy atom. The Balaban J connectivity index is 1.54. The van der Waals surface area contributed by atoms with Crippen molar-refractivity contribution in [3.63, 3.8) is 0 Å². The van der Waals surface area contributed by atoms with Crippen molar-refractivity contribution in [3.05, 3.63) is 40.9 Å². The zero-order valence-electron chi connectivity index (χ0n) is 13.4. The van der Waals surface area contributed by atoms with Gasteiger partial charge in [0.05, 0.1) is 11.4 Å². The summed E-state index contributed by atoms with van der Waals surface area (Å²) in [5.41, 5.74) is 7.58. The molecule has 0 fully saturated rings. The van der Waals surface area contributed by atoms with Gasteiger partial charge in [0.25, 0.3) is 5.91 Å². The first-order valence-corrected chi connectivity index (χ1v) is 8.94. The largest absolute Gasteiger partial charge is 0.368 e. The Morgan fingerprint density at radius 2 is 2.04 bits per heavy atom. The summed E-state index contributed by atoms with van der Waals surface area (Å²) < 4.78 is 0. The molecule has 2 aromatic rings. The maximum atomic E-state index is 12.5. The molecule has 4 rings (SSSR count). The summed E-state index contributed by atoms with van der Waals surface area (Å²) in [6.07, 6.45) is 3.30. The zero-order chi connectivity index (χ0) is 17.4. The molecule has 0 saturated heterocycles. The number of fused-ring (bicyclic) bond motifs is 1. The molecule has 2 amide bonds. The number of rotatable bonds is 4. The predicted molar refractivity (Wildman–Crippen MR) is 96.7 cm³/mol. The monoisotopic (exact) mass is 355 g/mol. The molecule has 0 spiro atoms. The minimum atomic E-state index is -0.663. The molecule has 0 unspecified atom stereocenters. The highest BCUT2D eigenvalue weighted by molar-refractivity contribution is 7.16. The summed E-state index contributed by atoms with van der Waals surface area (Å²) in [6.45, 7) is 0. The van der Waals surface area contributed by atoms with Crippen LogP contribution in [0.4, 0.5) is 10.8 Å². The molecule has 0 bridgehead atoms. The lowest BCUT2D eigenvalue weighted by molar-refractivity contribution is -0.119. The number of primary amides is 1. The van der Waals surface area contributed by atoms with Gasteiger partial charge in [0.2, 0.25) is 5.91 Å². The smallest absolute Gasteiger partial charge is 0.273 e.